The van der Waals surface area contributed by atoms with Crippen LogP contribution in [0, 0.1) is 10.1 Å². The average Bonchev–Trinajstić information content (AvgIpc) is 2.26. The van der Waals surface area contributed by atoms with Crippen molar-refractivity contribution in [2.24, 2.45) is 0 Å². The van der Waals surface area contributed by atoms with Gasteiger partial charge in [-0.05, 0) is 32.9 Å². The van der Waals surface area contributed by atoms with Crippen LogP contribution in [0.5, 0.6) is 0 Å². The predicted octanol–water partition coefficient (Wildman–Crippen LogP) is 2.23. The van der Waals surface area contributed by atoms with Crippen molar-refractivity contribution in [3.8, 4) is 0 Å². The maximum absolute atomic E-state index is 12.3. The first-order valence-corrected chi connectivity index (χ1v) is 7.17. The van der Waals surface area contributed by atoms with Gasteiger partial charge in [0, 0.05) is 20.2 Å². The van der Waals surface area contributed by atoms with Crippen LogP contribution in [0.1, 0.15) is 20.8 Å². The molecular formula is C12H18N2O4S. The van der Waals surface area contributed by atoms with E-state index in [0.29, 0.717) is 5.69 Å². The number of hydrogen-bond donors (Lipinski definition) is 0. The molecule has 0 heterocycles. The van der Waals surface area contributed by atoms with Crippen molar-refractivity contribution < 1.29 is 13.3 Å². The molecule has 0 fully saturated rings. The van der Waals surface area contributed by atoms with E-state index in [4.69, 9.17) is 0 Å². The number of benzene rings is 1. The number of sulfone groups is 1. The zero-order valence-corrected chi connectivity index (χ0v) is 12.5. The largest absolute Gasteiger partial charge is 0.372 e. The Morgan fingerprint density at radius 3 is 2.11 bits per heavy atom. The lowest BCUT2D eigenvalue weighted by atomic mass is 10.2. The molecule has 1 aromatic rings. The van der Waals surface area contributed by atoms with E-state index in [2.05, 4.69) is 0 Å². The van der Waals surface area contributed by atoms with E-state index in [0.717, 1.165) is 6.07 Å². The molecule has 0 aromatic heterocycles. The third kappa shape index (κ3) is 2.86. The molecule has 0 amide bonds. The Kier molecular flexibility index (Phi) is 3.90. The summed E-state index contributed by atoms with van der Waals surface area (Å²) in [6, 6.07) is 3.98. The second kappa shape index (κ2) is 4.80. The first-order valence-electron chi connectivity index (χ1n) is 5.69. The van der Waals surface area contributed by atoms with Crippen LogP contribution in [0.4, 0.5) is 11.4 Å². The van der Waals surface area contributed by atoms with Crippen molar-refractivity contribution in [1.82, 2.24) is 0 Å². The van der Waals surface area contributed by atoms with Gasteiger partial charge in [0.15, 0.2) is 9.84 Å². The molecule has 106 valence electrons. The minimum absolute atomic E-state index is 0.0303. The summed E-state index contributed by atoms with van der Waals surface area (Å²) >= 11 is 0. The molecule has 0 aliphatic heterocycles. The third-order valence-electron chi connectivity index (χ3n) is 2.74. The molecule has 0 spiro atoms. The molecule has 19 heavy (non-hydrogen) atoms. The van der Waals surface area contributed by atoms with Crippen molar-refractivity contribution in [1.29, 1.82) is 0 Å². The summed E-state index contributed by atoms with van der Waals surface area (Å²) in [5, 5.41) is 11.0. The second-order valence-electron chi connectivity index (χ2n) is 5.42. The Balaban J connectivity index is 3.52. The molecule has 0 saturated carbocycles. The Hall–Kier alpha value is -1.63. The Morgan fingerprint density at radius 2 is 1.74 bits per heavy atom. The lowest BCUT2D eigenvalue weighted by molar-refractivity contribution is -0.384. The lowest BCUT2D eigenvalue weighted by Gasteiger charge is -2.20. The van der Waals surface area contributed by atoms with Gasteiger partial charge in [-0.15, -0.1) is 0 Å². The number of nitro benzene ring substituents is 1. The van der Waals surface area contributed by atoms with Gasteiger partial charge in [0.25, 0.3) is 5.69 Å². The van der Waals surface area contributed by atoms with Gasteiger partial charge in [0.1, 0.15) is 5.69 Å². The summed E-state index contributed by atoms with van der Waals surface area (Å²) in [6.45, 7) is 4.69. The second-order valence-corrected chi connectivity index (χ2v) is 8.12. The van der Waals surface area contributed by atoms with Gasteiger partial charge in [-0.3, -0.25) is 10.1 Å². The van der Waals surface area contributed by atoms with E-state index in [9.17, 15) is 18.5 Å². The smallest absolute Gasteiger partial charge is 0.293 e. The van der Waals surface area contributed by atoms with Gasteiger partial charge in [0.05, 0.1) is 14.6 Å². The molecule has 1 aromatic carbocycles. The van der Waals surface area contributed by atoms with E-state index >= 15 is 0 Å². The molecule has 0 bridgehead atoms. The lowest BCUT2D eigenvalue weighted by Crippen LogP contribution is -2.28. The topological polar surface area (TPSA) is 80.5 Å². The highest BCUT2D eigenvalue weighted by Gasteiger charge is 2.32. The Morgan fingerprint density at radius 1 is 1.21 bits per heavy atom. The van der Waals surface area contributed by atoms with Crippen LogP contribution in [0.25, 0.3) is 0 Å². The molecule has 0 unspecified atom stereocenters. The molecule has 0 N–H and O–H groups in total. The van der Waals surface area contributed by atoms with Gasteiger partial charge in [0.2, 0.25) is 0 Å². The van der Waals surface area contributed by atoms with Crippen LogP contribution in [0.15, 0.2) is 23.1 Å². The van der Waals surface area contributed by atoms with Gasteiger partial charge in [-0.25, -0.2) is 8.42 Å². The zero-order valence-electron chi connectivity index (χ0n) is 11.7. The first-order chi connectivity index (χ1) is 8.48. The molecule has 6 nitrogen and oxygen atoms in total. The maximum Gasteiger partial charge on any atom is 0.293 e. The normalized spacial score (nSPS) is 12.3. The van der Waals surface area contributed by atoms with Gasteiger partial charge in [-0.2, -0.15) is 0 Å². The summed E-state index contributed by atoms with van der Waals surface area (Å²) in [6.07, 6.45) is 0. The fraction of sp³-hybridized carbons (Fsp3) is 0.500. The van der Waals surface area contributed by atoms with Crippen LogP contribution in [0.3, 0.4) is 0 Å². The molecule has 0 saturated heterocycles. The average molecular weight is 286 g/mol. The monoisotopic (exact) mass is 286 g/mol. The molecule has 7 heteroatoms. The third-order valence-corrected chi connectivity index (χ3v) is 5.23. The summed E-state index contributed by atoms with van der Waals surface area (Å²) in [5.74, 6) is 0. The molecule has 0 radical (unpaired) electrons. The maximum atomic E-state index is 12.3. The standard InChI is InChI=1S/C12H18N2O4S/c1-12(2,3)19(17,18)9-6-7-10(13(4)5)11(8-9)14(15)16/h6-8H,1-5H3. The van der Waals surface area contributed by atoms with E-state index in [-0.39, 0.29) is 10.6 Å². The van der Waals surface area contributed by atoms with E-state index in [1.165, 1.54) is 12.1 Å². The van der Waals surface area contributed by atoms with E-state index in [1.807, 2.05) is 0 Å². The first kappa shape index (κ1) is 15.4. The minimum Gasteiger partial charge on any atom is -0.372 e. The van der Waals surface area contributed by atoms with Gasteiger partial charge >= 0.3 is 0 Å². The molecule has 0 aliphatic carbocycles. The Bertz CT molecular complexity index is 601. The number of nitro groups is 1. The Labute approximate surface area is 113 Å². The highest BCUT2D eigenvalue weighted by Crippen LogP contribution is 2.33. The van der Waals surface area contributed by atoms with Crippen molar-refractivity contribution >= 4 is 21.2 Å². The molecule has 0 aliphatic rings. The minimum atomic E-state index is -3.60. The van der Waals surface area contributed by atoms with E-state index in [1.54, 1.807) is 39.8 Å². The molecule has 1 rings (SSSR count). The number of nitrogens with zero attached hydrogens (tertiary/aromatic N) is 2. The fourth-order valence-corrected chi connectivity index (χ4v) is 2.77. The fourth-order valence-electron chi connectivity index (χ4n) is 1.55. The van der Waals surface area contributed by atoms with Crippen LogP contribution >= 0.6 is 0 Å². The highest BCUT2D eigenvalue weighted by atomic mass is 32.2. The number of rotatable bonds is 3. The summed E-state index contributed by atoms with van der Waals surface area (Å²) in [7, 11) is -0.264. The van der Waals surface area contributed by atoms with Gasteiger partial charge < -0.3 is 4.90 Å². The molecule has 0 atom stereocenters. The zero-order chi connectivity index (χ0) is 15.0. The highest BCUT2D eigenvalue weighted by molar-refractivity contribution is 7.92. The number of hydrogen-bond acceptors (Lipinski definition) is 5. The van der Waals surface area contributed by atoms with Crippen molar-refractivity contribution in [3.05, 3.63) is 28.3 Å². The van der Waals surface area contributed by atoms with Crippen molar-refractivity contribution in [2.75, 3.05) is 19.0 Å². The van der Waals surface area contributed by atoms with Crippen LogP contribution in [-0.4, -0.2) is 32.2 Å². The number of anilines is 1. The summed E-state index contributed by atoms with van der Waals surface area (Å²) < 4.78 is 23.5. The van der Waals surface area contributed by atoms with E-state index < -0.39 is 19.5 Å². The van der Waals surface area contributed by atoms with Gasteiger partial charge in [-0.1, -0.05) is 0 Å². The van der Waals surface area contributed by atoms with Crippen LogP contribution in [0.2, 0.25) is 0 Å². The summed E-state index contributed by atoms with van der Waals surface area (Å²) in [5.41, 5.74) is 0.160. The molecular weight excluding hydrogens is 268 g/mol. The van der Waals surface area contributed by atoms with Crippen LogP contribution < -0.4 is 4.90 Å². The van der Waals surface area contributed by atoms with Crippen LogP contribution in [-0.2, 0) is 9.84 Å². The van der Waals surface area contributed by atoms with Crippen molar-refractivity contribution in [3.63, 3.8) is 0 Å². The van der Waals surface area contributed by atoms with Crippen molar-refractivity contribution in [2.45, 2.75) is 30.4 Å². The summed E-state index contributed by atoms with van der Waals surface area (Å²) in [4.78, 5) is 12.0. The quantitative estimate of drug-likeness (QED) is 0.628. The predicted molar refractivity (Wildman–Crippen MR) is 74.4 cm³/mol. The SMILES string of the molecule is CN(C)c1ccc(S(=O)(=O)C(C)(C)C)cc1[N+](=O)[O-].